The van der Waals surface area contributed by atoms with Crippen LogP contribution in [0.25, 0.3) is 22.2 Å². The van der Waals surface area contributed by atoms with Crippen molar-refractivity contribution >= 4 is 40.7 Å². The molecule has 4 aliphatic heterocycles. The second-order valence-electron chi connectivity index (χ2n) is 17.2. The lowest BCUT2D eigenvalue weighted by molar-refractivity contribution is -0.131. The number of piperidine rings is 4. The number of hydrogen-bond acceptors (Lipinski definition) is 11. The highest BCUT2D eigenvalue weighted by molar-refractivity contribution is 6.05. The number of allylic oxidation sites excluding steroid dienone is 1. The Morgan fingerprint density at radius 3 is 2.34 bits per heavy atom. The van der Waals surface area contributed by atoms with Crippen molar-refractivity contribution in [3.63, 3.8) is 0 Å². The minimum atomic E-state index is -0.928. The number of rotatable bonds is 12. The van der Waals surface area contributed by atoms with Gasteiger partial charge < -0.3 is 40.9 Å². The van der Waals surface area contributed by atoms with Crippen LogP contribution < -0.4 is 26.5 Å². The molecule has 4 aromatic rings. The molecule has 0 radical (unpaired) electrons. The summed E-state index contributed by atoms with van der Waals surface area (Å²) in [4.78, 5) is 46.4. The highest BCUT2D eigenvalue weighted by Crippen LogP contribution is 2.34. The summed E-state index contributed by atoms with van der Waals surface area (Å²) in [5.41, 5.74) is 9.83. The van der Waals surface area contributed by atoms with Crippen LogP contribution in [0, 0.1) is 24.6 Å². The highest BCUT2D eigenvalue weighted by atomic mass is 19.1. The summed E-state index contributed by atoms with van der Waals surface area (Å²) < 4.78 is 27.6. The minimum Gasteiger partial charge on any atom is -0.490 e. The first-order valence-electron chi connectivity index (χ1n) is 21.5. The van der Waals surface area contributed by atoms with E-state index in [1.807, 2.05) is 47.4 Å². The third kappa shape index (κ3) is 9.42. The number of carbonyl (C=O) groups is 3. The molecule has 4 fully saturated rings. The maximum atomic E-state index is 15.4. The number of aromatic nitrogens is 1. The Hall–Kier alpha value is -5.80. The van der Waals surface area contributed by atoms with Crippen LogP contribution in [-0.4, -0.2) is 108 Å². The maximum Gasteiger partial charge on any atom is 0.261 e. The maximum absolute atomic E-state index is 15.4. The molecule has 0 aliphatic carbocycles. The number of hydrogen-bond donors (Lipinski definition) is 3. The lowest BCUT2D eigenvalue weighted by Crippen LogP contribution is -2.51. The summed E-state index contributed by atoms with van der Waals surface area (Å²) in [6.45, 7) is 13.2. The molecular weight excluding hydrogens is 778 g/mol. The fourth-order valence-electron chi connectivity index (χ4n) is 9.50. The van der Waals surface area contributed by atoms with E-state index in [2.05, 4.69) is 32.0 Å². The number of amidine groups is 1. The van der Waals surface area contributed by atoms with E-state index in [-0.39, 0.29) is 23.3 Å². The average Bonchev–Trinajstić information content (AvgIpc) is 3.70. The van der Waals surface area contributed by atoms with Gasteiger partial charge in [-0.3, -0.25) is 19.3 Å². The smallest absolute Gasteiger partial charge is 0.261 e. The van der Waals surface area contributed by atoms with Crippen LogP contribution in [0.15, 0.2) is 76.5 Å². The Kier molecular flexibility index (Phi) is 12.7. The first-order chi connectivity index (χ1) is 29.6. The minimum absolute atomic E-state index is 0.149. The van der Waals surface area contributed by atoms with E-state index < -0.39 is 17.9 Å². The molecule has 1 aromatic heterocycles. The van der Waals surface area contributed by atoms with Crippen LogP contribution in [0.2, 0.25) is 0 Å². The van der Waals surface area contributed by atoms with E-state index in [0.29, 0.717) is 72.4 Å². The number of nitrogens with zero attached hydrogens (tertiary/aromatic N) is 6. The normalized spacial score (nSPS) is 20.5. The van der Waals surface area contributed by atoms with Crippen LogP contribution in [0.4, 0.5) is 10.1 Å². The number of ether oxygens (including phenoxy) is 1. The number of likely N-dealkylation sites (tertiary alicyclic amines) is 2. The Balaban J connectivity index is 0.768. The van der Waals surface area contributed by atoms with Gasteiger partial charge in [0, 0.05) is 61.7 Å². The summed E-state index contributed by atoms with van der Waals surface area (Å²) in [6, 6.07) is 15.5. The molecule has 322 valence electrons. The van der Waals surface area contributed by atoms with E-state index in [1.165, 1.54) is 18.9 Å². The van der Waals surface area contributed by atoms with Gasteiger partial charge in [-0.2, -0.15) is 5.10 Å². The van der Waals surface area contributed by atoms with Gasteiger partial charge in [-0.1, -0.05) is 23.9 Å². The molecule has 14 nitrogen and oxygen atoms in total. The SMILES string of the molecule is C=C1CCC(N(C=O)C(=O)c2cc(N3CCC(CN4CCC(CN5CCC(Oc6cccc(-c7onc8ccc(/C(N)=N/N)cc78)c6)CC5)CC4)CC3)c(F)cc2C)C(=O)N1. The van der Waals surface area contributed by atoms with Gasteiger partial charge in [0.15, 0.2) is 5.76 Å². The first-order valence-corrected chi connectivity index (χ1v) is 21.5. The molecule has 0 bridgehead atoms. The predicted molar refractivity (Wildman–Crippen MR) is 232 cm³/mol. The standard InChI is InChI=1S/C46H56FN9O5/c1-29-22-39(47)42(25-37(29)46(59)56(28-57)41-9-6-30(2)50-45(41)58)55-20-12-32(13-21-55)27-53-16-10-31(11-17-53)26-54-18-14-35(15-19-54)60-36-5-3-4-33(23-36)43-38-24-34(44(48)51-49)7-8-40(38)52-61-43/h3-5,7-8,22-25,28,31-32,35,41H,2,6,9-21,26-27,49H2,1H3,(H2,48,51)(H,50,58). The molecule has 4 saturated heterocycles. The summed E-state index contributed by atoms with van der Waals surface area (Å²) in [6.07, 6.45) is 7.52. The van der Waals surface area contributed by atoms with E-state index >= 15 is 4.39 Å². The number of aryl methyl sites for hydroxylation is 1. The number of nitrogens with one attached hydrogen (secondary N) is 1. The number of benzene rings is 3. The van der Waals surface area contributed by atoms with Gasteiger partial charge in [0.2, 0.25) is 12.3 Å². The summed E-state index contributed by atoms with van der Waals surface area (Å²) >= 11 is 0. The molecule has 5 N–H and O–H groups in total. The van der Waals surface area contributed by atoms with Crippen molar-refractivity contribution < 1.29 is 28.0 Å². The van der Waals surface area contributed by atoms with Crippen LogP contribution in [0.3, 0.4) is 0 Å². The van der Waals surface area contributed by atoms with Crippen molar-refractivity contribution in [2.75, 3.05) is 57.3 Å². The van der Waals surface area contributed by atoms with Crippen molar-refractivity contribution in [3.8, 4) is 17.1 Å². The Labute approximate surface area is 355 Å². The number of hydrazone groups is 1. The number of anilines is 1. The van der Waals surface area contributed by atoms with Crippen LogP contribution in [-0.2, 0) is 9.59 Å². The van der Waals surface area contributed by atoms with Gasteiger partial charge in [0.05, 0.1) is 11.1 Å². The van der Waals surface area contributed by atoms with Crippen molar-refractivity contribution in [3.05, 3.63) is 89.4 Å². The molecule has 0 saturated carbocycles. The van der Waals surface area contributed by atoms with E-state index in [4.69, 9.17) is 20.8 Å². The lowest BCUT2D eigenvalue weighted by atomic mass is 9.91. The molecule has 3 amide bonds. The Morgan fingerprint density at radius 1 is 0.984 bits per heavy atom. The lowest BCUT2D eigenvalue weighted by Gasteiger charge is -2.40. The van der Waals surface area contributed by atoms with Crippen LogP contribution >= 0.6 is 0 Å². The van der Waals surface area contributed by atoms with Crippen LogP contribution in [0.5, 0.6) is 5.75 Å². The zero-order valence-corrected chi connectivity index (χ0v) is 34.9. The number of imide groups is 1. The molecular formula is C46H56FN9O5. The predicted octanol–water partition coefficient (Wildman–Crippen LogP) is 5.38. The van der Waals surface area contributed by atoms with E-state index in [9.17, 15) is 14.4 Å². The molecule has 0 spiro atoms. The van der Waals surface area contributed by atoms with E-state index in [0.717, 1.165) is 92.1 Å². The van der Waals surface area contributed by atoms with Gasteiger partial charge in [-0.15, -0.1) is 0 Å². The third-order valence-electron chi connectivity index (χ3n) is 13.1. The zero-order chi connectivity index (χ0) is 42.6. The largest absolute Gasteiger partial charge is 0.490 e. The molecule has 61 heavy (non-hydrogen) atoms. The Bertz CT molecular complexity index is 2290. The van der Waals surface area contributed by atoms with Crippen LogP contribution in [0.1, 0.15) is 72.9 Å². The van der Waals surface area contributed by atoms with Crippen molar-refractivity contribution in [1.29, 1.82) is 0 Å². The number of halogens is 1. The average molecular weight is 834 g/mol. The zero-order valence-electron chi connectivity index (χ0n) is 34.9. The second kappa shape index (κ2) is 18.4. The molecule has 3 aromatic carbocycles. The number of carbonyl (C=O) groups excluding carboxylic acids is 3. The quantitative estimate of drug-likeness (QED) is 0.0549. The summed E-state index contributed by atoms with van der Waals surface area (Å²) in [5.74, 6) is 6.87. The molecule has 1 unspecified atom stereocenters. The third-order valence-corrected chi connectivity index (χ3v) is 13.1. The van der Waals surface area contributed by atoms with Gasteiger partial charge >= 0.3 is 0 Å². The van der Waals surface area contributed by atoms with Gasteiger partial charge in [0.1, 0.15) is 35.1 Å². The number of amides is 3. The Morgan fingerprint density at radius 2 is 1.67 bits per heavy atom. The molecule has 15 heteroatoms. The number of nitrogens with two attached hydrogens (primary N) is 2. The first kappa shape index (κ1) is 41.9. The number of fused-ring (bicyclic) bond motifs is 1. The van der Waals surface area contributed by atoms with E-state index in [1.54, 1.807) is 13.0 Å². The van der Waals surface area contributed by atoms with Crippen molar-refractivity contribution in [2.24, 2.45) is 28.5 Å². The molecule has 4 aliphatic rings. The fraction of sp³-hybridized carbons (Fsp3) is 0.457. The second-order valence-corrected chi connectivity index (χ2v) is 17.2. The van der Waals surface area contributed by atoms with Gasteiger partial charge in [-0.25, -0.2) is 4.39 Å². The van der Waals surface area contributed by atoms with Gasteiger partial charge in [0.25, 0.3) is 5.91 Å². The molecule has 8 rings (SSSR count). The topological polar surface area (TPSA) is 176 Å². The summed E-state index contributed by atoms with van der Waals surface area (Å²) in [5, 5.41) is 11.3. The fourth-order valence-corrected chi connectivity index (χ4v) is 9.50. The molecule has 1 atom stereocenters. The monoisotopic (exact) mass is 833 g/mol. The van der Waals surface area contributed by atoms with Crippen molar-refractivity contribution in [2.45, 2.75) is 70.4 Å². The summed E-state index contributed by atoms with van der Waals surface area (Å²) in [7, 11) is 0. The van der Waals surface area contributed by atoms with Crippen molar-refractivity contribution in [1.82, 2.24) is 25.2 Å². The molecule has 5 heterocycles. The van der Waals surface area contributed by atoms with Gasteiger partial charge in [-0.05, 0) is 131 Å². The highest BCUT2D eigenvalue weighted by Gasteiger charge is 2.35.